The lowest BCUT2D eigenvalue weighted by Gasteiger charge is -2.10. The predicted molar refractivity (Wildman–Crippen MR) is 129 cm³/mol. The smallest absolute Gasteiger partial charge is 0.250 e. The van der Waals surface area contributed by atoms with Gasteiger partial charge < -0.3 is 0 Å². The van der Waals surface area contributed by atoms with Gasteiger partial charge in [0, 0.05) is 16.3 Å². The van der Waals surface area contributed by atoms with Gasteiger partial charge in [0.15, 0.2) is 11.0 Å². The topological polar surface area (TPSA) is 72.2 Å². The third-order valence-corrected chi connectivity index (χ3v) is 5.80. The van der Waals surface area contributed by atoms with Crippen LogP contribution < -0.4 is 5.43 Å². The summed E-state index contributed by atoms with van der Waals surface area (Å²) in [5, 5.41) is 14.2. The van der Waals surface area contributed by atoms with E-state index >= 15 is 0 Å². The number of nitrogens with one attached hydrogen (secondary N) is 1. The fourth-order valence-electron chi connectivity index (χ4n) is 3.01. The average Bonchev–Trinajstić information content (AvgIpc) is 3.27. The molecule has 0 atom stereocenters. The maximum absolute atomic E-state index is 12.4. The van der Waals surface area contributed by atoms with Gasteiger partial charge in [0.25, 0.3) is 5.91 Å². The Labute approximate surface area is 195 Å². The molecule has 1 heterocycles. The van der Waals surface area contributed by atoms with Crippen molar-refractivity contribution in [1.82, 2.24) is 20.2 Å². The van der Waals surface area contributed by atoms with Gasteiger partial charge in [0.1, 0.15) is 0 Å². The first kappa shape index (κ1) is 21.8. The summed E-state index contributed by atoms with van der Waals surface area (Å²) >= 11 is 7.36. The molecule has 0 fully saturated rings. The summed E-state index contributed by atoms with van der Waals surface area (Å²) in [7, 11) is 0. The van der Waals surface area contributed by atoms with Crippen LogP contribution in [-0.4, -0.2) is 32.1 Å². The molecule has 0 aliphatic heterocycles. The Morgan fingerprint density at radius 3 is 2.31 bits per heavy atom. The fourth-order valence-corrected chi connectivity index (χ4v) is 3.88. The summed E-state index contributed by atoms with van der Waals surface area (Å²) in [6.07, 6.45) is 0. The van der Waals surface area contributed by atoms with Crippen molar-refractivity contribution in [3.05, 3.63) is 95.5 Å². The minimum atomic E-state index is -0.225. The maximum atomic E-state index is 12.4. The highest BCUT2D eigenvalue weighted by molar-refractivity contribution is 7.99. The first-order valence-corrected chi connectivity index (χ1v) is 11.3. The Balaban J connectivity index is 1.53. The number of aromatic nitrogens is 3. The number of amides is 1. The molecule has 1 N–H and O–H groups in total. The largest absolute Gasteiger partial charge is 0.272 e. The van der Waals surface area contributed by atoms with Gasteiger partial charge in [-0.2, -0.15) is 5.10 Å². The Morgan fingerprint density at radius 2 is 1.62 bits per heavy atom. The van der Waals surface area contributed by atoms with Crippen LogP contribution in [0.3, 0.4) is 0 Å². The molecule has 32 heavy (non-hydrogen) atoms. The number of hydrogen-bond acceptors (Lipinski definition) is 5. The van der Waals surface area contributed by atoms with Gasteiger partial charge in [0.05, 0.1) is 11.5 Å². The lowest BCUT2D eigenvalue weighted by molar-refractivity contribution is -0.118. The summed E-state index contributed by atoms with van der Waals surface area (Å²) < 4.78 is 1.92. The molecular formula is C24H20ClN5OS. The second-order valence-electron chi connectivity index (χ2n) is 6.87. The zero-order valence-electron chi connectivity index (χ0n) is 17.3. The van der Waals surface area contributed by atoms with E-state index in [-0.39, 0.29) is 11.7 Å². The molecule has 0 radical (unpaired) electrons. The normalized spacial score (nSPS) is 11.4. The number of halogens is 1. The summed E-state index contributed by atoms with van der Waals surface area (Å²) in [5.74, 6) is 0.609. The van der Waals surface area contributed by atoms with Gasteiger partial charge in [-0.3, -0.25) is 9.36 Å². The molecular weight excluding hydrogens is 442 g/mol. The third kappa shape index (κ3) is 5.25. The molecule has 0 bridgehead atoms. The Hall–Kier alpha value is -3.42. The Morgan fingerprint density at radius 1 is 0.969 bits per heavy atom. The fraction of sp³-hybridized carbons (Fsp3) is 0.0833. The van der Waals surface area contributed by atoms with Gasteiger partial charge in [0.2, 0.25) is 0 Å². The van der Waals surface area contributed by atoms with Crippen molar-refractivity contribution in [2.75, 3.05) is 5.75 Å². The predicted octanol–water partition coefficient (Wildman–Crippen LogP) is 5.22. The monoisotopic (exact) mass is 461 g/mol. The average molecular weight is 462 g/mol. The quantitative estimate of drug-likeness (QED) is 0.232. The van der Waals surface area contributed by atoms with Crippen LogP contribution in [0.2, 0.25) is 5.02 Å². The molecule has 0 aliphatic rings. The van der Waals surface area contributed by atoms with Crippen molar-refractivity contribution in [1.29, 1.82) is 0 Å². The van der Waals surface area contributed by atoms with Crippen LogP contribution in [0, 0.1) is 0 Å². The summed E-state index contributed by atoms with van der Waals surface area (Å²) in [4.78, 5) is 12.4. The molecule has 4 aromatic rings. The van der Waals surface area contributed by atoms with Crippen LogP contribution >= 0.6 is 23.4 Å². The highest BCUT2D eigenvalue weighted by Gasteiger charge is 2.17. The highest BCUT2D eigenvalue weighted by Crippen LogP contribution is 2.28. The van der Waals surface area contributed by atoms with Crippen LogP contribution in [0.15, 0.2) is 95.2 Å². The van der Waals surface area contributed by atoms with Crippen molar-refractivity contribution >= 4 is 35.0 Å². The SMILES string of the molecule is C/C(=N/NC(=O)CSc1nnc(-c2ccccc2)n1-c1ccc(Cl)cc1)c1ccccc1. The molecule has 0 saturated heterocycles. The van der Waals surface area contributed by atoms with E-state index < -0.39 is 0 Å². The van der Waals surface area contributed by atoms with E-state index in [1.807, 2.05) is 96.4 Å². The molecule has 160 valence electrons. The Bertz CT molecular complexity index is 1220. The first-order chi connectivity index (χ1) is 15.6. The summed E-state index contributed by atoms with van der Waals surface area (Å²) in [6, 6.07) is 26.9. The number of carbonyl (C=O) groups is 1. The molecule has 1 aromatic heterocycles. The van der Waals surface area contributed by atoms with E-state index in [4.69, 9.17) is 11.6 Å². The molecule has 0 saturated carbocycles. The summed E-state index contributed by atoms with van der Waals surface area (Å²) in [6.45, 7) is 1.85. The zero-order chi connectivity index (χ0) is 22.3. The summed E-state index contributed by atoms with van der Waals surface area (Å²) in [5.41, 5.74) is 6.09. The second kappa shape index (κ2) is 10.3. The van der Waals surface area contributed by atoms with Gasteiger partial charge in [-0.05, 0) is 36.8 Å². The van der Waals surface area contributed by atoms with Crippen molar-refractivity contribution < 1.29 is 4.79 Å². The first-order valence-electron chi connectivity index (χ1n) is 9.90. The van der Waals surface area contributed by atoms with Crippen molar-refractivity contribution in [2.24, 2.45) is 5.10 Å². The van der Waals surface area contributed by atoms with Crippen LogP contribution in [0.25, 0.3) is 17.1 Å². The van der Waals surface area contributed by atoms with E-state index in [0.717, 1.165) is 22.5 Å². The molecule has 0 spiro atoms. The second-order valence-corrected chi connectivity index (χ2v) is 8.25. The lowest BCUT2D eigenvalue weighted by Crippen LogP contribution is -2.21. The molecule has 8 heteroatoms. The van der Waals surface area contributed by atoms with E-state index in [1.165, 1.54) is 11.8 Å². The molecule has 0 unspecified atom stereocenters. The number of rotatable bonds is 7. The van der Waals surface area contributed by atoms with Gasteiger partial charge >= 0.3 is 0 Å². The van der Waals surface area contributed by atoms with Crippen LogP contribution in [0.5, 0.6) is 0 Å². The van der Waals surface area contributed by atoms with Crippen molar-refractivity contribution in [3.8, 4) is 17.1 Å². The van der Waals surface area contributed by atoms with Gasteiger partial charge in [-0.1, -0.05) is 84.0 Å². The molecule has 4 rings (SSSR count). The van der Waals surface area contributed by atoms with Gasteiger partial charge in [-0.15, -0.1) is 10.2 Å². The van der Waals surface area contributed by atoms with Crippen molar-refractivity contribution in [2.45, 2.75) is 12.1 Å². The van der Waals surface area contributed by atoms with Crippen LogP contribution in [0.4, 0.5) is 0 Å². The number of thioether (sulfide) groups is 1. The standard InChI is InChI=1S/C24H20ClN5OS/c1-17(18-8-4-2-5-9-18)26-27-22(31)16-32-24-29-28-23(19-10-6-3-7-11-19)30(24)21-14-12-20(25)13-15-21/h2-15H,16H2,1H3,(H,27,31)/b26-17-. The van der Waals surface area contributed by atoms with Crippen molar-refractivity contribution in [3.63, 3.8) is 0 Å². The molecule has 6 nitrogen and oxygen atoms in total. The number of hydrogen-bond donors (Lipinski definition) is 1. The van der Waals surface area contributed by atoms with E-state index in [2.05, 4.69) is 20.7 Å². The zero-order valence-corrected chi connectivity index (χ0v) is 18.8. The van der Waals surface area contributed by atoms with Crippen LogP contribution in [0.1, 0.15) is 12.5 Å². The Kier molecular flexibility index (Phi) is 6.99. The number of hydrazone groups is 1. The minimum absolute atomic E-state index is 0.145. The number of nitrogens with zero attached hydrogens (tertiary/aromatic N) is 4. The molecule has 0 aliphatic carbocycles. The van der Waals surface area contributed by atoms with E-state index in [1.54, 1.807) is 0 Å². The molecule has 1 amide bonds. The minimum Gasteiger partial charge on any atom is -0.272 e. The highest BCUT2D eigenvalue weighted by atomic mass is 35.5. The van der Waals surface area contributed by atoms with Crippen LogP contribution in [-0.2, 0) is 4.79 Å². The van der Waals surface area contributed by atoms with E-state index in [0.29, 0.717) is 16.0 Å². The molecule has 3 aromatic carbocycles. The third-order valence-electron chi connectivity index (χ3n) is 4.62. The van der Waals surface area contributed by atoms with Gasteiger partial charge in [-0.25, -0.2) is 5.43 Å². The number of carbonyl (C=O) groups excluding carboxylic acids is 1. The number of benzene rings is 3. The maximum Gasteiger partial charge on any atom is 0.250 e. The van der Waals surface area contributed by atoms with E-state index in [9.17, 15) is 4.79 Å². The lowest BCUT2D eigenvalue weighted by atomic mass is 10.1.